The van der Waals surface area contributed by atoms with Crippen LogP contribution in [0.3, 0.4) is 0 Å². The fraction of sp³-hybridized carbons (Fsp3) is 0.0588. The fourth-order valence-electron chi connectivity index (χ4n) is 2.08. The SMILES string of the molecule is N#C/C(=C/Nc1ccccc1[N+](=O)[O-])C(=O)Nc1ccccc1C(F)(F)F. The van der Waals surface area contributed by atoms with E-state index in [4.69, 9.17) is 5.26 Å². The van der Waals surface area contributed by atoms with Crippen molar-refractivity contribution in [2.24, 2.45) is 0 Å². The number of halogens is 3. The van der Waals surface area contributed by atoms with Crippen LogP contribution in [0.4, 0.5) is 30.2 Å². The molecule has 10 heteroatoms. The van der Waals surface area contributed by atoms with Crippen molar-refractivity contribution < 1.29 is 22.9 Å². The van der Waals surface area contributed by atoms with E-state index in [0.717, 1.165) is 24.4 Å². The molecule has 2 N–H and O–H groups in total. The quantitative estimate of drug-likeness (QED) is 0.354. The molecule has 0 aliphatic heterocycles. The number of rotatable bonds is 5. The zero-order chi connectivity index (χ0) is 20.0. The Morgan fingerprint density at radius 1 is 1.11 bits per heavy atom. The highest BCUT2D eigenvalue weighted by atomic mass is 19.4. The Hall–Kier alpha value is -3.87. The Labute approximate surface area is 150 Å². The number of nitriles is 1. The third kappa shape index (κ3) is 4.82. The molecule has 0 aliphatic carbocycles. The maximum Gasteiger partial charge on any atom is 0.418 e. The molecule has 0 saturated carbocycles. The van der Waals surface area contributed by atoms with Gasteiger partial charge in [-0.2, -0.15) is 18.4 Å². The maximum absolute atomic E-state index is 13.0. The number of nitrogens with zero attached hydrogens (tertiary/aromatic N) is 2. The summed E-state index contributed by atoms with van der Waals surface area (Å²) in [6.45, 7) is 0. The molecule has 0 bridgehead atoms. The van der Waals surface area contributed by atoms with Crippen molar-refractivity contribution in [2.75, 3.05) is 10.6 Å². The topological polar surface area (TPSA) is 108 Å². The number of benzene rings is 2. The lowest BCUT2D eigenvalue weighted by Crippen LogP contribution is -2.18. The Morgan fingerprint density at radius 3 is 2.30 bits per heavy atom. The van der Waals surface area contributed by atoms with Crippen LogP contribution in [0.1, 0.15) is 5.56 Å². The Balaban J connectivity index is 2.25. The summed E-state index contributed by atoms with van der Waals surface area (Å²) in [7, 11) is 0. The van der Waals surface area contributed by atoms with E-state index < -0.39 is 33.8 Å². The fourth-order valence-corrected chi connectivity index (χ4v) is 2.08. The van der Waals surface area contributed by atoms with Gasteiger partial charge in [-0.3, -0.25) is 14.9 Å². The molecule has 0 radical (unpaired) electrons. The van der Waals surface area contributed by atoms with E-state index >= 15 is 0 Å². The molecule has 0 saturated heterocycles. The van der Waals surface area contributed by atoms with Gasteiger partial charge in [0.05, 0.1) is 16.2 Å². The van der Waals surface area contributed by atoms with Crippen molar-refractivity contribution in [3.8, 4) is 6.07 Å². The summed E-state index contributed by atoms with van der Waals surface area (Å²) in [6, 6.07) is 11.3. The summed E-state index contributed by atoms with van der Waals surface area (Å²) in [4.78, 5) is 22.4. The average Bonchev–Trinajstić information content (AvgIpc) is 2.62. The zero-order valence-corrected chi connectivity index (χ0v) is 13.4. The van der Waals surface area contributed by atoms with Gasteiger partial charge in [0.15, 0.2) is 0 Å². The van der Waals surface area contributed by atoms with Crippen molar-refractivity contribution in [1.82, 2.24) is 0 Å². The van der Waals surface area contributed by atoms with E-state index in [1.165, 1.54) is 36.4 Å². The van der Waals surface area contributed by atoms with Gasteiger partial charge in [0.1, 0.15) is 17.3 Å². The molecule has 0 aromatic heterocycles. The summed E-state index contributed by atoms with van der Waals surface area (Å²) in [5.41, 5.74) is -2.43. The van der Waals surface area contributed by atoms with Gasteiger partial charge in [0.25, 0.3) is 11.6 Å². The Bertz CT molecular complexity index is 949. The third-order valence-electron chi connectivity index (χ3n) is 3.32. The van der Waals surface area contributed by atoms with Crippen molar-refractivity contribution in [2.45, 2.75) is 6.18 Å². The number of nitro benzene ring substituents is 1. The van der Waals surface area contributed by atoms with E-state index in [1.807, 2.05) is 5.32 Å². The molecule has 0 fully saturated rings. The molecule has 0 atom stereocenters. The number of nitro groups is 1. The number of nitrogens with one attached hydrogen (secondary N) is 2. The molecule has 2 aromatic carbocycles. The monoisotopic (exact) mass is 376 g/mol. The maximum atomic E-state index is 13.0. The lowest BCUT2D eigenvalue weighted by Gasteiger charge is -2.13. The lowest BCUT2D eigenvalue weighted by atomic mass is 10.1. The van der Waals surface area contributed by atoms with Crippen molar-refractivity contribution in [3.05, 3.63) is 76.0 Å². The van der Waals surface area contributed by atoms with Crippen LogP contribution in [0.25, 0.3) is 0 Å². The summed E-state index contributed by atoms with van der Waals surface area (Å²) in [6.07, 6.45) is -3.81. The normalized spacial score (nSPS) is 11.4. The number of carbonyl (C=O) groups excluding carboxylic acids is 1. The first kappa shape index (κ1) is 19.5. The smallest absolute Gasteiger partial charge is 0.355 e. The first-order chi connectivity index (χ1) is 12.7. The van der Waals surface area contributed by atoms with Crippen LogP contribution in [0, 0.1) is 21.4 Å². The molecule has 1 amide bonds. The number of hydrogen-bond acceptors (Lipinski definition) is 5. The molecule has 138 valence electrons. The van der Waals surface area contributed by atoms with E-state index in [9.17, 15) is 28.1 Å². The van der Waals surface area contributed by atoms with Crippen molar-refractivity contribution in [1.29, 1.82) is 5.26 Å². The second-order valence-corrected chi connectivity index (χ2v) is 5.09. The second kappa shape index (κ2) is 8.01. The van der Waals surface area contributed by atoms with Crippen LogP contribution in [0.2, 0.25) is 0 Å². The van der Waals surface area contributed by atoms with Gasteiger partial charge in [-0.1, -0.05) is 24.3 Å². The molecule has 27 heavy (non-hydrogen) atoms. The van der Waals surface area contributed by atoms with E-state index in [-0.39, 0.29) is 11.4 Å². The summed E-state index contributed by atoms with van der Waals surface area (Å²) >= 11 is 0. The predicted molar refractivity (Wildman–Crippen MR) is 90.5 cm³/mol. The number of para-hydroxylation sites is 3. The highest BCUT2D eigenvalue weighted by Crippen LogP contribution is 2.34. The first-order valence-electron chi connectivity index (χ1n) is 7.32. The molecule has 0 unspecified atom stereocenters. The molecule has 2 rings (SSSR count). The number of carbonyl (C=O) groups is 1. The zero-order valence-electron chi connectivity index (χ0n) is 13.4. The largest absolute Gasteiger partial charge is 0.418 e. The summed E-state index contributed by atoms with van der Waals surface area (Å²) in [5, 5.41) is 24.5. The molecular formula is C17H11F3N4O3. The minimum absolute atomic E-state index is 0.0127. The number of hydrogen-bond donors (Lipinski definition) is 2. The minimum atomic E-state index is -4.69. The molecule has 2 aromatic rings. The highest BCUT2D eigenvalue weighted by Gasteiger charge is 2.33. The average molecular weight is 376 g/mol. The van der Waals surface area contributed by atoms with Gasteiger partial charge in [-0.15, -0.1) is 0 Å². The van der Waals surface area contributed by atoms with E-state index in [2.05, 4.69) is 5.32 Å². The minimum Gasteiger partial charge on any atom is -0.355 e. The van der Waals surface area contributed by atoms with Gasteiger partial charge in [-0.05, 0) is 18.2 Å². The Kier molecular flexibility index (Phi) is 5.77. The summed E-state index contributed by atoms with van der Waals surface area (Å²) in [5.74, 6) is -1.10. The molecule has 0 spiro atoms. The lowest BCUT2D eigenvalue weighted by molar-refractivity contribution is -0.383. The highest BCUT2D eigenvalue weighted by molar-refractivity contribution is 6.07. The number of anilines is 2. The van der Waals surface area contributed by atoms with Gasteiger partial charge in [0.2, 0.25) is 0 Å². The van der Waals surface area contributed by atoms with Crippen LogP contribution in [-0.2, 0) is 11.0 Å². The third-order valence-corrected chi connectivity index (χ3v) is 3.32. The first-order valence-corrected chi connectivity index (χ1v) is 7.32. The molecule has 7 nitrogen and oxygen atoms in total. The molecule has 0 heterocycles. The van der Waals surface area contributed by atoms with Gasteiger partial charge >= 0.3 is 6.18 Å². The van der Waals surface area contributed by atoms with Gasteiger partial charge in [-0.25, -0.2) is 0 Å². The van der Waals surface area contributed by atoms with Crippen LogP contribution < -0.4 is 10.6 Å². The van der Waals surface area contributed by atoms with E-state index in [0.29, 0.717) is 0 Å². The second-order valence-electron chi connectivity index (χ2n) is 5.09. The number of amides is 1. The van der Waals surface area contributed by atoms with Crippen LogP contribution in [-0.4, -0.2) is 10.8 Å². The Morgan fingerprint density at radius 2 is 1.70 bits per heavy atom. The molecule has 0 aliphatic rings. The van der Waals surface area contributed by atoms with Crippen LogP contribution >= 0.6 is 0 Å². The van der Waals surface area contributed by atoms with Crippen LogP contribution in [0.5, 0.6) is 0 Å². The standard InChI is InChI=1S/C17H11F3N4O3/c18-17(19,20)12-5-1-2-6-13(12)23-16(25)11(9-21)10-22-14-7-3-4-8-15(14)24(26)27/h1-8,10,22H,(H,23,25)/b11-10-. The van der Waals surface area contributed by atoms with E-state index in [1.54, 1.807) is 0 Å². The van der Waals surface area contributed by atoms with Gasteiger partial charge < -0.3 is 10.6 Å². The summed E-state index contributed by atoms with van der Waals surface area (Å²) < 4.78 is 38.9. The van der Waals surface area contributed by atoms with Crippen molar-refractivity contribution >= 4 is 23.0 Å². The van der Waals surface area contributed by atoms with Crippen LogP contribution in [0.15, 0.2) is 60.3 Å². The van der Waals surface area contributed by atoms with Crippen molar-refractivity contribution in [3.63, 3.8) is 0 Å². The number of alkyl halides is 3. The molecular weight excluding hydrogens is 365 g/mol. The van der Waals surface area contributed by atoms with Gasteiger partial charge in [0, 0.05) is 12.3 Å². The predicted octanol–water partition coefficient (Wildman–Crippen LogP) is 4.07.